The summed E-state index contributed by atoms with van der Waals surface area (Å²) in [6.07, 6.45) is 0. The number of hydrogen-bond acceptors (Lipinski definition) is 3. The Morgan fingerprint density at radius 3 is 2.48 bits per heavy atom. The van der Waals surface area contributed by atoms with E-state index in [1.54, 1.807) is 13.8 Å². The van der Waals surface area contributed by atoms with Crippen molar-refractivity contribution in [2.75, 3.05) is 0 Å². The first-order chi connectivity index (χ1) is 10.6. The van der Waals surface area contributed by atoms with Gasteiger partial charge in [0.05, 0.1) is 5.25 Å². The number of carbonyl (C=O) groups is 1. The van der Waals surface area contributed by atoms with Gasteiger partial charge in [-0.05, 0) is 57.9 Å². The summed E-state index contributed by atoms with van der Waals surface area (Å²) in [7, 11) is -3.44. The van der Waals surface area contributed by atoms with Crippen LogP contribution < -0.4 is 5.32 Å². The summed E-state index contributed by atoms with van der Waals surface area (Å²) < 4.78 is 24.1. The average molecular weight is 336 g/mol. The van der Waals surface area contributed by atoms with Crippen LogP contribution in [0.5, 0.6) is 0 Å². The van der Waals surface area contributed by atoms with Crippen LogP contribution in [0.1, 0.15) is 37.6 Å². The van der Waals surface area contributed by atoms with Gasteiger partial charge in [-0.3, -0.25) is 4.79 Å². The molecule has 2 N–H and O–H groups in total. The molecule has 126 valence electrons. The third kappa shape index (κ3) is 3.42. The molecule has 0 radical (unpaired) electrons. The summed E-state index contributed by atoms with van der Waals surface area (Å²) in [5, 5.41) is 2.24. The fourth-order valence-electron chi connectivity index (χ4n) is 2.51. The first kappa shape index (κ1) is 17.5. The lowest BCUT2D eigenvalue weighted by Gasteiger charge is -2.15. The van der Waals surface area contributed by atoms with E-state index >= 15 is 0 Å². The number of H-pyrrole nitrogens is 1. The summed E-state index contributed by atoms with van der Waals surface area (Å²) >= 11 is 0. The number of nitrogens with one attached hydrogen (secondary N) is 2. The van der Waals surface area contributed by atoms with Crippen LogP contribution in [0, 0.1) is 13.8 Å². The highest BCUT2D eigenvalue weighted by atomic mass is 32.2. The topological polar surface area (TPSA) is 79.0 Å². The van der Waals surface area contributed by atoms with Crippen LogP contribution in [0.15, 0.2) is 18.2 Å². The van der Waals surface area contributed by atoms with Crippen LogP contribution in [0.25, 0.3) is 10.9 Å². The summed E-state index contributed by atoms with van der Waals surface area (Å²) in [5.74, 6) is -0.458. The summed E-state index contributed by atoms with van der Waals surface area (Å²) in [5.41, 5.74) is 4.31. The highest BCUT2D eigenvalue weighted by molar-refractivity contribution is 7.93. The van der Waals surface area contributed by atoms with Gasteiger partial charge >= 0.3 is 0 Å². The van der Waals surface area contributed by atoms with Crippen molar-refractivity contribution in [3.63, 3.8) is 0 Å². The molecule has 2 rings (SSSR count). The van der Waals surface area contributed by atoms with Crippen molar-refractivity contribution < 1.29 is 13.2 Å². The van der Waals surface area contributed by atoms with Gasteiger partial charge in [0.15, 0.2) is 9.84 Å². The van der Waals surface area contributed by atoms with E-state index in [4.69, 9.17) is 0 Å². The molecule has 23 heavy (non-hydrogen) atoms. The molecule has 0 aliphatic carbocycles. The highest BCUT2D eigenvalue weighted by Gasteiger charge is 2.30. The zero-order valence-electron chi connectivity index (χ0n) is 14.2. The average Bonchev–Trinajstić information content (AvgIpc) is 2.78. The second kappa shape index (κ2) is 6.35. The highest BCUT2D eigenvalue weighted by Crippen LogP contribution is 2.22. The number of carbonyl (C=O) groups excluding carboxylic acids is 1. The van der Waals surface area contributed by atoms with Gasteiger partial charge in [0.25, 0.3) is 0 Å². The van der Waals surface area contributed by atoms with Crippen molar-refractivity contribution in [1.29, 1.82) is 0 Å². The molecule has 0 saturated heterocycles. The maximum absolute atomic E-state index is 12.1. The first-order valence-electron chi connectivity index (χ1n) is 7.72. The molecule has 5 nitrogen and oxygen atoms in total. The number of hydrogen-bond donors (Lipinski definition) is 2. The van der Waals surface area contributed by atoms with E-state index < -0.39 is 26.2 Å². The Bertz CT molecular complexity index is 835. The Balaban J connectivity index is 2.12. The second-order valence-corrected chi connectivity index (χ2v) is 9.08. The van der Waals surface area contributed by atoms with Crippen molar-refractivity contribution in [1.82, 2.24) is 10.3 Å². The molecule has 6 heteroatoms. The summed E-state index contributed by atoms with van der Waals surface area (Å²) in [6, 6.07) is 5.93. The summed E-state index contributed by atoms with van der Waals surface area (Å²) in [6.45, 7) is 9.00. The Kier molecular flexibility index (Phi) is 4.84. The van der Waals surface area contributed by atoms with E-state index in [0.717, 1.165) is 22.2 Å². The molecule has 0 spiro atoms. The molecular formula is C17H24N2O3S. The van der Waals surface area contributed by atoms with E-state index in [1.807, 2.05) is 32.0 Å². The normalized spacial score (nSPS) is 13.5. The van der Waals surface area contributed by atoms with E-state index in [9.17, 15) is 13.2 Å². The van der Waals surface area contributed by atoms with Gasteiger partial charge < -0.3 is 10.3 Å². The molecular weight excluding hydrogens is 312 g/mol. The zero-order valence-corrected chi connectivity index (χ0v) is 15.0. The van der Waals surface area contributed by atoms with Crippen LogP contribution >= 0.6 is 0 Å². The van der Waals surface area contributed by atoms with E-state index in [-0.39, 0.29) is 0 Å². The molecule has 0 saturated carbocycles. The monoisotopic (exact) mass is 336 g/mol. The van der Waals surface area contributed by atoms with Crippen molar-refractivity contribution in [3.8, 4) is 0 Å². The molecule has 1 amide bonds. The van der Waals surface area contributed by atoms with Crippen molar-refractivity contribution in [2.24, 2.45) is 0 Å². The fraction of sp³-hybridized carbons (Fsp3) is 0.471. The van der Waals surface area contributed by atoms with Gasteiger partial charge in [-0.15, -0.1) is 0 Å². The minimum atomic E-state index is -3.44. The van der Waals surface area contributed by atoms with Crippen LogP contribution in [-0.2, 0) is 21.2 Å². The number of benzene rings is 1. The Morgan fingerprint density at radius 1 is 1.22 bits per heavy atom. The number of sulfone groups is 1. The Hall–Kier alpha value is -1.82. The zero-order chi connectivity index (χ0) is 17.4. The number of aromatic nitrogens is 1. The van der Waals surface area contributed by atoms with Crippen molar-refractivity contribution >= 4 is 26.6 Å². The molecule has 0 unspecified atom stereocenters. The van der Waals surface area contributed by atoms with E-state index in [0.29, 0.717) is 6.54 Å². The number of fused-ring (bicyclic) bond motifs is 1. The summed E-state index contributed by atoms with van der Waals surface area (Å²) in [4.78, 5) is 15.4. The third-order valence-corrected chi connectivity index (χ3v) is 6.87. The molecule has 0 bridgehead atoms. The van der Waals surface area contributed by atoms with Crippen LogP contribution in [0.2, 0.25) is 0 Å². The van der Waals surface area contributed by atoms with Gasteiger partial charge in [-0.2, -0.15) is 0 Å². The predicted octanol–water partition coefficient (Wildman–Crippen LogP) is 2.61. The maximum Gasteiger partial charge on any atom is 0.238 e. The Labute approximate surface area is 137 Å². The molecule has 0 fully saturated rings. The molecule has 1 aromatic carbocycles. The van der Waals surface area contributed by atoms with Crippen LogP contribution in [-0.4, -0.2) is 29.8 Å². The largest absolute Gasteiger partial charge is 0.358 e. The third-order valence-electron chi connectivity index (χ3n) is 4.36. The van der Waals surface area contributed by atoms with E-state index in [1.165, 1.54) is 12.5 Å². The SMILES string of the molecule is Cc1[nH]c2ccc(CNC(=O)[C@@H](C)S(=O)(=O)C(C)C)cc2c1C. The lowest BCUT2D eigenvalue weighted by Crippen LogP contribution is -2.40. The van der Waals surface area contributed by atoms with Crippen LogP contribution in [0.3, 0.4) is 0 Å². The minimum absolute atomic E-state index is 0.316. The number of rotatable bonds is 5. The number of aromatic amines is 1. The lowest BCUT2D eigenvalue weighted by molar-refractivity contribution is -0.120. The molecule has 0 aliphatic heterocycles. The molecule has 2 aromatic rings. The fourth-order valence-corrected chi connectivity index (χ4v) is 3.71. The van der Waals surface area contributed by atoms with Gasteiger partial charge in [0.1, 0.15) is 5.25 Å². The molecule has 1 heterocycles. The number of aryl methyl sites for hydroxylation is 2. The van der Waals surface area contributed by atoms with Crippen molar-refractivity contribution in [2.45, 2.75) is 51.7 Å². The van der Waals surface area contributed by atoms with Gasteiger partial charge in [0, 0.05) is 23.1 Å². The standard InChI is InChI=1S/C17H24N2O3S/c1-10(2)23(21,22)13(5)17(20)18-9-14-6-7-16-15(8-14)11(3)12(4)19-16/h6-8,10,13,19H,9H2,1-5H3,(H,18,20)/t13-/m1/s1. The predicted molar refractivity (Wildman–Crippen MR) is 93.1 cm³/mol. The first-order valence-corrected chi connectivity index (χ1v) is 9.33. The Morgan fingerprint density at radius 2 is 1.87 bits per heavy atom. The number of amides is 1. The van der Waals surface area contributed by atoms with Crippen molar-refractivity contribution in [3.05, 3.63) is 35.0 Å². The quantitative estimate of drug-likeness (QED) is 0.881. The minimum Gasteiger partial charge on any atom is -0.358 e. The second-order valence-electron chi connectivity index (χ2n) is 6.25. The smallest absolute Gasteiger partial charge is 0.238 e. The molecule has 1 atom stereocenters. The van der Waals surface area contributed by atoms with Gasteiger partial charge in [0.2, 0.25) is 5.91 Å². The lowest BCUT2D eigenvalue weighted by atomic mass is 10.1. The van der Waals surface area contributed by atoms with Gasteiger partial charge in [-0.25, -0.2) is 8.42 Å². The van der Waals surface area contributed by atoms with Gasteiger partial charge in [-0.1, -0.05) is 6.07 Å². The molecule has 0 aliphatic rings. The maximum atomic E-state index is 12.1. The van der Waals surface area contributed by atoms with Crippen LogP contribution in [0.4, 0.5) is 0 Å². The van der Waals surface area contributed by atoms with E-state index in [2.05, 4.69) is 10.3 Å². The molecule has 1 aromatic heterocycles.